The number of H-pyrrole nitrogens is 1. The van der Waals surface area contributed by atoms with E-state index in [0.717, 1.165) is 12.8 Å². The number of hydrogen-bond donors (Lipinski definition) is 1. The maximum atomic E-state index is 13.0. The smallest absolute Gasteiger partial charge is 0.276 e. The fraction of sp³-hybridized carbons (Fsp3) is 0.421. The summed E-state index contributed by atoms with van der Waals surface area (Å²) < 4.78 is 2.95. The number of rotatable bonds is 3. The molecule has 1 aliphatic rings. The number of aromatic nitrogens is 5. The zero-order valence-electron chi connectivity index (χ0n) is 15.8. The molecule has 0 spiro atoms. The van der Waals surface area contributed by atoms with Crippen molar-refractivity contribution in [1.82, 2.24) is 29.3 Å². The van der Waals surface area contributed by atoms with Crippen molar-refractivity contribution in [3.8, 4) is 12.0 Å². The van der Waals surface area contributed by atoms with E-state index in [0.29, 0.717) is 35.8 Å². The summed E-state index contributed by atoms with van der Waals surface area (Å²) in [6, 6.07) is 5.72. The first-order valence-corrected chi connectivity index (χ1v) is 9.31. The summed E-state index contributed by atoms with van der Waals surface area (Å²) in [5, 5.41) is 17.7. The van der Waals surface area contributed by atoms with Gasteiger partial charge in [-0.15, -0.1) is 5.10 Å². The van der Waals surface area contributed by atoms with Crippen LogP contribution in [0.1, 0.15) is 35.8 Å². The van der Waals surface area contributed by atoms with E-state index in [9.17, 15) is 9.59 Å². The lowest BCUT2D eigenvalue weighted by molar-refractivity contribution is 0.0675. The van der Waals surface area contributed by atoms with Gasteiger partial charge in [0.15, 0.2) is 0 Å². The molecule has 1 N–H and O–H groups in total. The Kier molecular flexibility index (Phi) is 4.47. The Morgan fingerprint density at radius 1 is 1.39 bits per heavy atom. The summed E-state index contributed by atoms with van der Waals surface area (Å²) in [7, 11) is 0. The molecule has 9 heteroatoms. The second-order valence-electron chi connectivity index (χ2n) is 7.22. The third kappa shape index (κ3) is 2.97. The molecule has 0 aliphatic carbocycles. The van der Waals surface area contributed by atoms with Crippen molar-refractivity contribution in [1.29, 1.82) is 5.26 Å². The molecule has 1 fully saturated rings. The summed E-state index contributed by atoms with van der Waals surface area (Å²) in [4.78, 5) is 29.7. The molecule has 1 unspecified atom stereocenters. The van der Waals surface area contributed by atoms with Crippen LogP contribution in [0.3, 0.4) is 0 Å². The molecule has 1 saturated heterocycles. The van der Waals surface area contributed by atoms with Gasteiger partial charge in [0.1, 0.15) is 5.52 Å². The van der Waals surface area contributed by atoms with E-state index >= 15 is 0 Å². The van der Waals surface area contributed by atoms with E-state index in [2.05, 4.69) is 21.3 Å². The van der Waals surface area contributed by atoms with E-state index in [4.69, 9.17) is 5.26 Å². The summed E-state index contributed by atoms with van der Waals surface area (Å²) >= 11 is 0. The van der Waals surface area contributed by atoms with E-state index in [1.54, 1.807) is 30.2 Å². The number of hydrogen-bond acceptors (Lipinski definition) is 5. The molecule has 28 heavy (non-hydrogen) atoms. The highest BCUT2D eigenvalue weighted by atomic mass is 16.2. The minimum absolute atomic E-state index is 0.00763. The first kappa shape index (κ1) is 18.0. The average Bonchev–Trinajstić information content (AvgIpc) is 3.33. The van der Waals surface area contributed by atoms with Crippen molar-refractivity contribution >= 4 is 11.4 Å². The van der Waals surface area contributed by atoms with Gasteiger partial charge in [0, 0.05) is 25.2 Å². The van der Waals surface area contributed by atoms with Crippen LogP contribution >= 0.6 is 0 Å². The quantitative estimate of drug-likeness (QED) is 0.742. The van der Waals surface area contributed by atoms with Crippen molar-refractivity contribution in [2.24, 2.45) is 11.8 Å². The van der Waals surface area contributed by atoms with Gasteiger partial charge in [-0.05, 0) is 44.7 Å². The second-order valence-corrected chi connectivity index (χ2v) is 7.22. The summed E-state index contributed by atoms with van der Waals surface area (Å²) in [6.07, 6.45) is 4.85. The molecular formula is C19H21N7O2. The Morgan fingerprint density at radius 2 is 2.14 bits per heavy atom. The Balaban J connectivity index is 1.57. The summed E-state index contributed by atoms with van der Waals surface area (Å²) in [5.74, 6) is 0.511. The molecule has 1 amide bonds. The van der Waals surface area contributed by atoms with Gasteiger partial charge in [0.05, 0.1) is 23.5 Å². The zero-order chi connectivity index (χ0) is 19.8. The van der Waals surface area contributed by atoms with E-state index in [1.165, 1.54) is 15.4 Å². The maximum absolute atomic E-state index is 13.0. The molecular weight excluding hydrogens is 358 g/mol. The number of carbonyl (C=O) groups is 1. The Labute approximate surface area is 161 Å². The molecule has 0 aromatic carbocycles. The lowest BCUT2D eigenvalue weighted by atomic mass is 9.86. The minimum Gasteiger partial charge on any atom is -0.339 e. The molecule has 1 atom stereocenters. The third-order valence-corrected chi connectivity index (χ3v) is 5.57. The predicted molar refractivity (Wildman–Crippen MR) is 101 cm³/mol. The van der Waals surface area contributed by atoms with Gasteiger partial charge >= 0.3 is 0 Å². The van der Waals surface area contributed by atoms with Crippen molar-refractivity contribution in [2.75, 3.05) is 13.1 Å². The van der Waals surface area contributed by atoms with Gasteiger partial charge in [-0.25, -0.2) is 9.20 Å². The van der Waals surface area contributed by atoms with Crippen molar-refractivity contribution in [2.45, 2.75) is 26.7 Å². The second kappa shape index (κ2) is 6.96. The highest BCUT2D eigenvalue weighted by Crippen LogP contribution is 2.26. The highest BCUT2D eigenvalue weighted by Gasteiger charge is 2.28. The van der Waals surface area contributed by atoms with E-state index in [-0.39, 0.29) is 23.3 Å². The molecule has 0 radical (unpaired) electrons. The maximum Gasteiger partial charge on any atom is 0.276 e. The lowest BCUT2D eigenvalue weighted by Crippen LogP contribution is -2.39. The normalized spacial score (nSPS) is 16.2. The van der Waals surface area contributed by atoms with Crippen LogP contribution in [0, 0.1) is 30.1 Å². The van der Waals surface area contributed by atoms with Crippen LogP contribution < -0.4 is 5.56 Å². The van der Waals surface area contributed by atoms with Crippen LogP contribution in [-0.2, 0) is 0 Å². The largest absolute Gasteiger partial charge is 0.339 e. The molecule has 3 aromatic heterocycles. The monoisotopic (exact) mass is 379 g/mol. The summed E-state index contributed by atoms with van der Waals surface area (Å²) in [5.41, 5.74) is 1.28. The standard InChI is InChI=1S/C19H21N7O2/c1-12(10-20)14-5-8-24(9-6-14)18(28)15-11-21-26(13(15)2)19-22-17(27)16-4-3-7-25(16)23-19/h3-4,7,11-12,14H,5-6,8-9H2,1-2H3,(H,22,23,27). The van der Waals surface area contributed by atoms with Gasteiger partial charge < -0.3 is 4.90 Å². The van der Waals surface area contributed by atoms with Crippen LogP contribution in [0.25, 0.3) is 11.5 Å². The zero-order valence-corrected chi connectivity index (χ0v) is 15.8. The third-order valence-electron chi connectivity index (χ3n) is 5.57. The van der Waals surface area contributed by atoms with E-state index < -0.39 is 0 Å². The molecule has 1 aliphatic heterocycles. The fourth-order valence-corrected chi connectivity index (χ4v) is 3.74. The molecule has 144 valence electrons. The minimum atomic E-state index is -0.272. The number of fused-ring (bicyclic) bond motifs is 1. The molecule has 0 saturated carbocycles. The Morgan fingerprint density at radius 3 is 2.86 bits per heavy atom. The van der Waals surface area contributed by atoms with Crippen LogP contribution in [-0.4, -0.2) is 48.3 Å². The van der Waals surface area contributed by atoms with Gasteiger partial charge in [-0.2, -0.15) is 10.4 Å². The molecule has 4 heterocycles. The Hall–Kier alpha value is -3.41. The van der Waals surface area contributed by atoms with Crippen LogP contribution in [0.5, 0.6) is 0 Å². The average molecular weight is 379 g/mol. The number of aromatic amines is 1. The van der Waals surface area contributed by atoms with Crippen LogP contribution in [0.2, 0.25) is 0 Å². The molecule has 0 bridgehead atoms. The van der Waals surface area contributed by atoms with Crippen molar-refractivity contribution < 1.29 is 4.79 Å². The number of carbonyl (C=O) groups excluding carboxylic acids is 1. The summed E-state index contributed by atoms with van der Waals surface area (Å²) in [6.45, 7) is 4.98. The van der Waals surface area contributed by atoms with E-state index in [1.807, 2.05) is 6.92 Å². The van der Waals surface area contributed by atoms with Crippen LogP contribution in [0.4, 0.5) is 0 Å². The molecule has 4 rings (SSSR count). The van der Waals surface area contributed by atoms with Gasteiger partial charge in [0.2, 0.25) is 5.95 Å². The molecule has 9 nitrogen and oxygen atoms in total. The first-order chi connectivity index (χ1) is 13.5. The molecule has 3 aromatic rings. The number of piperidine rings is 1. The lowest BCUT2D eigenvalue weighted by Gasteiger charge is -2.33. The SMILES string of the molecule is Cc1c(C(=O)N2CCC(C(C)C#N)CC2)cnn1-c1nn2cccc2c(=O)[nH]1. The fourth-order valence-electron chi connectivity index (χ4n) is 3.74. The Bertz CT molecular complexity index is 1130. The van der Waals surface area contributed by atoms with Crippen molar-refractivity contribution in [3.63, 3.8) is 0 Å². The highest BCUT2D eigenvalue weighted by molar-refractivity contribution is 5.95. The number of nitrogens with zero attached hydrogens (tertiary/aromatic N) is 6. The van der Waals surface area contributed by atoms with Gasteiger partial charge in [-0.3, -0.25) is 14.6 Å². The van der Waals surface area contributed by atoms with Gasteiger partial charge in [0.25, 0.3) is 11.5 Å². The topological polar surface area (TPSA) is 112 Å². The first-order valence-electron chi connectivity index (χ1n) is 9.31. The predicted octanol–water partition coefficient (Wildman–Crippen LogP) is 1.53. The number of nitriles is 1. The van der Waals surface area contributed by atoms with Crippen molar-refractivity contribution in [3.05, 3.63) is 46.1 Å². The number of likely N-dealkylation sites (tertiary alicyclic amines) is 1. The number of amides is 1. The van der Waals surface area contributed by atoms with Gasteiger partial charge in [-0.1, -0.05) is 0 Å². The van der Waals surface area contributed by atoms with Crippen LogP contribution in [0.15, 0.2) is 29.3 Å². The number of nitrogens with one attached hydrogen (secondary N) is 1.